The fraction of sp³-hybridized carbons (Fsp3) is 0.385. The highest BCUT2D eigenvalue weighted by Gasteiger charge is 2.30. The molecule has 1 unspecified atom stereocenters. The number of hydrogen-bond acceptors (Lipinski definition) is 3. The Labute approximate surface area is 105 Å². The summed E-state index contributed by atoms with van der Waals surface area (Å²) in [6.07, 6.45) is 0.848. The van der Waals surface area contributed by atoms with E-state index in [0.29, 0.717) is 12.8 Å². The number of aliphatic carboxylic acids is 1. The van der Waals surface area contributed by atoms with Crippen LogP contribution in [0.4, 0.5) is 0 Å². The Balaban J connectivity index is 1.87. The van der Waals surface area contributed by atoms with E-state index in [4.69, 9.17) is 5.11 Å². The molecular formula is C13H16N2O3. The highest BCUT2D eigenvalue weighted by atomic mass is 16.4. The van der Waals surface area contributed by atoms with Gasteiger partial charge in [-0.3, -0.25) is 14.9 Å². The molecular weight excluding hydrogens is 232 g/mol. The lowest BCUT2D eigenvalue weighted by molar-refractivity contribution is -0.137. The van der Waals surface area contributed by atoms with Crippen LogP contribution in [0.2, 0.25) is 0 Å². The van der Waals surface area contributed by atoms with E-state index in [2.05, 4.69) is 10.6 Å². The molecule has 5 nitrogen and oxygen atoms in total. The highest BCUT2D eigenvalue weighted by Crippen LogP contribution is 2.09. The molecule has 2 rings (SSSR count). The van der Waals surface area contributed by atoms with Crippen molar-refractivity contribution in [2.24, 2.45) is 0 Å². The maximum atomic E-state index is 11.7. The van der Waals surface area contributed by atoms with Crippen molar-refractivity contribution in [2.45, 2.75) is 31.5 Å². The summed E-state index contributed by atoms with van der Waals surface area (Å²) in [6.45, 7) is 0. The number of rotatable bonds is 5. The van der Waals surface area contributed by atoms with Gasteiger partial charge in [0.25, 0.3) is 0 Å². The predicted octanol–water partition coefficient (Wildman–Crippen LogP) is 0.508. The van der Waals surface area contributed by atoms with Crippen LogP contribution in [0.3, 0.4) is 0 Å². The summed E-state index contributed by atoms with van der Waals surface area (Å²) in [5.41, 5.74) is 1.09. The fourth-order valence-electron chi connectivity index (χ4n) is 2.06. The summed E-state index contributed by atoms with van der Waals surface area (Å²) >= 11 is 0. The van der Waals surface area contributed by atoms with Gasteiger partial charge in [-0.05, 0) is 18.4 Å². The van der Waals surface area contributed by atoms with Gasteiger partial charge in [-0.15, -0.1) is 0 Å². The van der Waals surface area contributed by atoms with E-state index < -0.39 is 5.97 Å². The fourth-order valence-corrected chi connectivity index (χ4v) is 2.06. The Hall–Kier alpha value is -1.88. The van der Waals surface area contributed by atoms with Crippen LogP contribution in [-0.2, 0) is 16.0 Å². The van der Waals surface area contributed by atoms with Gasteiger partial charge in [-0.25, -0.2) is 0 Å². The number of carboxylic acid groups (broad SMARTS) is 1. The SMILES string of the molecule is O=C(O)CCC1NC(=O)[C@H](Cc2ccccc2)N1. The second kappa shape index (κ2) is 5.64. The van der Waals surface area contributed by atoms with Crippen molar-refractivity contribution in [1.82, 2.24) is 10.6 Å². The average molecular weight is 248 g/mol. The second-order valence-electron chi connectivity index (χ2n) is 4.40. The molecule has 2 atom stereocenters. The van der Waals surface area contributed by atoms with Crippen LogP contribution < -0.4 is 10.6 Å². The first-order valence-electron chi connectivity index (χ1n) is 5.97. The highest BCUT2D eigenvalue weighted by molar-refractivity contribution is 5.84. The van der Waals surface area contributed by atoms with Crippen molar-refractivity contribution in [3.63, 3.8) is 0 Å². The van der Waals surface area contributed by atoms with Gasteiger partial charge >= 0.3 is 5.97 Å². The van der Waals surface area contributed by atoms with Gasteiger partial charge < -0.3 is 10.4 Å². The molecule has 0 aliphatic carbocycles. The molecule has 1 aliphatic heterocycles. The topological polar surface area (TPSA) is 78.4 Å². The van der Waals surface area contributed by atoms with Crippen LogP contribution in [0, 0.1) is 0 Å². The smallest absolute Gasteiger partial charge is 0.303 e. The van der Waals surface area contributed by atoms with Gasteiger partial charge in [0, 0.05) is 6.42 Å². The van der Waals surface area contributed by atoms with E-state index in [-0.39, 0.29) is 24.5 Å². The third kappa shape index (κ3) is 3.30. The minimum Gasteiger partial charge on any atom is -0.481 e. The first kappa shape index (κ1) is 12.6. The van der Waals surface area contributed by atoms with Crippen molar-refractivity contribution < 1.29 is 14.7 Å². The maximum absolute atomic E-state index is 11.7. The van der Waals surface area contributed by atoms with Crippen LogP contribution in [-0.4, -0.2) is 29.2 Å². The first-order valence-corrected chi connectivity index (χ1v) is 5.97. The lowest BCUT2D eigenvalue weighted by Gasteiger charge is -2.10. The molecule has 1 amide bonds. The molecule has 1 aromatic rings. The van der Waals surface area contributed by atoms with E-state index in [1.54, 1.807) is 0 Å². The van der Waals surface area contributed by atoms with Gasteiger partial charge in [-0.1, -0.05) is 30.3 Å². The zero-order valence-electron chi connectivity index (χ0n) is 9.93. The lowest BCUT2D eigenvalue weighted by atomic mass is 10.1. The summed E-state index contributed by atoms with van der Waals surface area (Å²) in [5.74, 6) is -0.910. The maximum Gasteiger partial charge on any atom is 0.303 e. The van der Waals surface area contributed by atoms with E-state index in [1.165, 1.54) is 0 Å². The van der Waals surface area contributed by atoms with Crippen LogP contribution in [0.15, 0.2) is 30.3 Å². The summed E-state index contributed by atoms with van der Waals surface area (Å²) in [6, 6.07) is 9.47. The molecule has 1 saturated heterocycles. The normalized spacial score (nSPS) is 22.8. The third-order valence-corrected chi connectivity index (χ3v) is 2.96. The molecule has 0 spiro atoms. The van der Waals surface area contributed by atoms with Gasteiger partial charge in [0.05, 0.1) is 12.2 Å². The quantitative estimate of drug-likeness (QED) is 0.709. The summed E-state index contributed by atoms with van der Waals surface area (Å²) < 4.78 is 0. The minimum atomic E-state index is -0.849. The molecule has 0 bridgehead atoms. The number of carbonyl (C=O) groups excluding carboxylic acids is 1. The summed E-state index contributed by atoms with van der Waals surface area (Å²) in [7, 11) is 0. The van der Waals surface area contributed by atoms with Gasteiger partial charge in [0.2, 0.25) is 5.91 Å². The molecule has 1 heterocycles. The van der Waals surface area contributed by atoms with Crippen molar-refractivity contribution in [3.8, 4) is 0 Å². The van der Waals surface area contributed by atoms with Gasteiger partial charge in [-0.2, -0.15) is 0 Å². The molecule has 96 valence electrons. The zero-order valence-corrected chi connectivity index (χ0v) is 9.93. The molecule has 1 aromatic carbocycles. The minimum absolute atomic E-state index is 0.0516. The van der Waals surface area contributed by atoms with Crippen LogP contribution in [0.1, 0.15) is 18.4 Å². The van der Waals surface area contributed by atoms with Crippen molar-refractivity contribution in [1.29, 1.82) is 0 Å². The number of hydrogen-bond donors (Lipinski definition) is 3. The number of carbonyl (C=O) groups is 2. The molecule has 0 aromatic heterocycles. The average Bonchev–Trinajstić information content (AvgIpc) is 2.69. The zero-order chi connectivity index (χ0) is 13.0. The molecule has 0 radical (unpaired) electrons. The molecule has 0 saturated carbocycles. The van der Waals surface area contributed by atoms with Crippen LogP contribution >= 0.6 is 0 Å². The Kier molecular flexibility index (Phi) is 3.94. The number of carboxylic acids is 1. The van der Waals surface area contributed by atoms with E-state index >= 15 is 0 Å². The van der Waals surface area contributed by atoms with Crippen molar-refractivity contribution in [3.05, 3.63) is 35.9 Å². The van der Waals surface area contributed by atoms with Crippen molar-refractivity contribution in [2.75, 3.05) is 0 Å². The van der Waals surface area contributed by atoms with E-state index in [9.17, 15) is 9.59 Å². The monoisotopic (exact) mass is 248 g/mol. The molecule has 1 aliphatic rings. The van der Waals surface area contributed by atoms with Gasteiger partial charge in [0.15, 0.2) is 0 Å². The molecule has 18 heavy (non-hydrogen) atoms. The van der Waals surface area contributed by atoms with Gasteiger partial charge in [0.1, 0.15) is 0 Å². The Bertz CT molecular complexity index is 433. The lowest BCUT2D eigenvalue weighted by Crippen LogP contribution is -2.34. The van der Waals surface area contributed by atoms with Crippen LogP contribution in [0.5, 0.6) is 0 Å². The molecule has 3 N–H and O–H groups in total. The van der Waals surface area contributed by atoms with Crippen molar-refractivity contribution >= 4 is 11.9 Å². The van der Waals surface area contributed by atoms with E-state index in [0.717, 1.165) is 5.56 Å². The van der Waals surface area contributed by atoms with Crippen LogP contribution in [0.25, 0.3) is 0 Å². The second-order valence-corrected chi connectivity index (χ2v) is 4.40. The Morgan fingerprint density at radius 1 is 1.28 bits per heavy atom. The molecule has 5 heteroatoms. The predicted molar refractivity (Wildman–Crippen MR) is 65.9 cm³/mol. The van der Waals surface area contributed by atoms with E-state index in [1.807, 2.05) is 30.3 Å². The Morgan fingerprint density at radius 3 is 2.67 bits per heavy atom. The Morgan fingerprint density at radius 2 is 2.00 bits per heavy atom. The summed E-state index contributed by atoms with van der Waals surface area (Å²) in [4.78, 5) is 22.2. The summed E-state index contributed by atoms with van der Waals surface area (Å²) in [5, 5.41) is 14.5. The number of benzene rings is 1. The standard InChI is InChI=1S/C13H16N2O3/c16-12(17)7-6-11-14-10(13(18)15-11)8-9-4-2-1-3-5-9/h1-5,10-11,14H,6-8H2,(H,15,18)(H,16,17)/t10-,11?/m0/s1. The largest absolute Gasteiger partial charge is 0.481 e. The first-order chi connectivity index (χ1) is 8.65. The number of nitrogens with one attached hydrogen (secondary N) is 2. The molecule has 1 fully saturated rings. The third-order valence-electron chi connectivity index (χ3n) is 2.96. The number of amides is 1.